The molecule has 2 N–H and O–H groups in total. The van der Waals surface area contributed by atoms with Crippen LogP contribution in [0.1, 0.15) is 56.7 Å². The number of likely N-dealkylation sites (tertiary alicyclic amines) is 1. The Bertz CT molecular complexity index is 1780. The number of benzene rings is 3. The van der Waals surface area contributed by atoms with Crippen LogP contribution in [0.5, 0.6) is 0 Å². The minimum atomic E-state index is -0.605. The van der Waals surface area contributed by atoms with Crippen molar-refractivity contribution in [1.82, 2.24) is 15.5 Å². The number of nitrogens with one attached hydrogen (secondary N) is 2. The molecule has 6 rings (SSSR count). The normalized spacial score (nSPS) is 19.0. The molecule has 3 aromatic carbocycles. The summed E-state index contributed by atoms with van der Waals surface area (Å²) in [5.41, 5.74) is 3.90. The van der Waals surface area contributed by atoms with E-state index in [-0.39, 0.29) is 41.8 Å². The van der Waals surface area contributed by atoms with Gasteiger partial charge in [-0.1, -0.05) is 48.0 Å². The van der Waals surface area contributed by atoms with Crippen molar-refractivity contribution in [3.8, 4) is 11.1 Å². The minimum absolute atomic E-state index is 0.00238. The number of rotatable bonds is 8. The van der Waals surface area contributed by atoms with E-state index in [9.17, 15) is 18.8 Å². The average Bonchev–Trinajstić information content (AvgIpc) is 3.57. The average molecular weight is 646 g/mol. The van der Waals surface area contributed by atoms with Gasteiger partial charge in [-0.2, -0.15) is 0 Å². The summed E-state index contributed by atoms with van der Waals surface area (Å²) in [4.78, 5) is 41.0. The second-order valence-corrected chi connectivity index (χ2v) is 13.5. The highest BCUT2D eigenvalue weighted by Gasteiger charge is 2.50. The van der Waals surface area contributed by atoms with E-state index in [1.165, 1.54) is 6.07 Å². The fourth-order valence-corrected chi connectivity index (χ4v) is 6.61. The van der Waals surface area contributed by atoms with Crippen LogP contribution in [0.2, 0.25) is 5.02 Å². The lowest BCUT2D eigenvalue weighted by Gasteiger charge is -2.37. The second kappa shape index (κ2) is 12.8. The van der Waals surface area contributed by atoms with Crippen molar-refractivity contribution in [2.24, 2.45) is 5.92 Å². The summed E-state index contributed by atoms with van der Waals surface area (Å²) in [6, 6.07) is 17.7. The van der Waals surface area contributed by atoms with Gasteiger partial charge in [0.05, 0.1) is 17.7 Å². The number of hydrogen-bond donors (Lipinski definition) is 2. The standard InChI is InChI=1S/C36H37ClFN3O5/c1-36(2,3)46-35(44)40-19-21-7-9-23(10-8-21)27-16-22(15-25-13-14-45-33(25)27)17-31(42)41-29-12-11-24(29)18-30(41)34(43)39-20-26-5-4-6-28(37)32(26)38/h4-10,13-16,24,29-30H,11-12,17-20H2,1-3H3,(H,39,43)(H,40,44)/t24-,29-,30+/m1/s1. The highest BCUT2D eigenvalue weighted by Crippen LogP contribution is 2.44. The highest BCUT2D eigenvalue weighted by atomic mass is 35.5. The van der Waals surface area contributed by atoms with Gasteiger partial charge in [-0.05, 0) is 86.9 Å². The third-order valence-corrected chi connectivity index (χ3v) is 9.03. The first-order chi connectivity index (χ1) is 22.0. The number of halogens is 2. The smallest absolute Gasteiger partial charge is 0.407 e. The van der Waals surface area contributed by atoms with Crippen LogP contribution >= 0.6 is 11.6 Å². The molecule has 1 aromatic heterocycles. The zero-order chi connectivity index (χ0) is 32.6. The van der Waals surface area contributed by atoms with Crippen LogP contribution in [0.3, 0.4) is 0 Å². The van der Waals surface area contributed by atoms with Crippen LogP contribution in [0.25, 0.3) is 22.1 Å². The van der Waals surface area contributed by atoms with Gasteiger partial charge in [0, 0.05) is 35.6 Å². The Morgan fingerprint density at radius 1 is 1.00 bits per heavy atom. The van der Waals surface area contributed by atoms with Gasteiger partial charge in [-0.15, -0.1) is 0 Å². The van der Waals surface area contributed by atoms with Crippen LogP contribution in [-0.4, -0.2) is 40.5 Å². The van der Waals surface area contributed by atoms with Gasteiger partial charge in [-0.25, -0.2) is 9.18 Å². The topological polar surface area (TPSA) is 101 Å². The molecule has 1 aliphatic heterocycles. The van der Waals surface area contributed by atoms with Gasteiger partial charge >= 0.3 is 6.09 Å². The highest BCUT2D eigenvalue weighted by molar-refractivity contribution is 6.30. The molecule has 1 aliphatic carbocycles. The molecule has 10 heteroatoms. The first-order valence-corrected chi connectivity index (χ1v) is 15.9. The molecule has 240 valence electrons. The third-order valence-electron chi connectivity index (χ3n) is 8.74. The number of alkyl carbamates (subject to hydrolysis) is 1. The Kier molecular flexibility index (Phi) is 8.79. The molecular formula is C36H37ClFN3O5. The second-order valence-electron chi connectivity index (χ2n) is 13.1. The van der Waals surface area contributed by atoms with Crippen LogP contribution in [0.4, 0.5) is 9.18 Å². The van der Waals surface area contributed by atoms with E-state index in [1.807, 2.05) is 63.2 Å². The lowest BCUT2D eigenvalue weighted by molar-refractivity contribution is -0.141. The molecule has 3 amide bonds. The Labute approximate surface area is 272 Å². The fourth-order valence-electron chi connectivity index (χ4n) is 6.42. The maximum atomic E-state index is 14.4. The Morgan fingerprint density at radius 3 is 2.50 bits per heavy atom. The zero-order valence-corrected chi connectivity index (χ0v) is 26.8. The molecule has 1 saturated carbocycles. The quantitative estimate of drug-likeness (QED) is 0.212. The molecule has 2 fully saturated rings. The van der Waals surface area contributed by atoms with E-state index >= 15 is 0 Å². The largest absolute Gasteiger partial charge is 0.464 e. The predicted octanol–water partition coefficient (Wildman–Crippen LogP) is 7.16. The SMILES string of the molecule is CC(C)(C)OC(=O)NCc1ccc(-c2cc(CC(=O)N3[C@@H]4CC[C@@H]4C[C@H]3C(=O)NCc3cccc(Cl)c3F)cc3ccoc23)cc1. The summed E-state index contributed by atoms with van der Waals surface area (Å²) < 4.78 is 25.6. The number of fused-ring (bicyclic) bond motifs is 2. The zero-order valence-electron chi connectivity index (χ0n) is 26.1. The summed E-state index contributed by atoms with van der Waals surface area (Å²) in [6.07, 6.45) is 3.72. The molecule has 0 spiro atoms. The Hall–Kier alpha value is -4.37. The van der Waals surface area contributed by atoms with E-state index < -0.39 is 23.6 Å². The van der Waals surface area contributed by atoms with E-state index in [4.69, 9.17) is 20.8 Å². The lowest BCUT2D eigenvalue weighted by atomic mass is 9.80. The number of amides is 3. The van der Waals surface area contributed by atoms with Crippen LogP contribution in [-0.2, 0) is 33.8 Å². The fraction of sp³-hybridized carbons (Fsp3) is 0.361. The molecule has 4 aromatic rings. The number of ether oxygens (including phenoxy) is 1. The van der Waals surface area contributed by atoms with Gasteiger partial charge in [0.25, 0.3) is 0 Å². The van der Waals surface area contributed by atoms with E-state index in [2.05, 4.69) is 10.6 Å². The van der Waals surface area contributed by atoms with Crippen molar-refractivity contribution < 1.29 is 27.9 Å². The molecule has 46 heavy (non-hydrogen) atoms. The molecule has 0 unspecified atom stereocenters. The van der Waals surface area contributed by atoms with E-state index in [0.29, 0.717) is 24.1 Å². The molecular weight excluding hydrogens is 609 g/mol. The van der Waals surface area contributed by atoms with Crippen molar-refractivity contribution >= 4 is 40.5 Å². The van der Waals surface area contributed by atoms with Crippen LogP contribution < -0.4 is 10.6 Å². The summed E-state index contributed by atoms with van der Waals surface area (Å²) >= 11 is 5.91. The molecule has 1 saturated heterocycles. The van der Waals surface area contributed by atoms with Crippen LogP contribution in [0.15, 0.2) is 71.3 Å². The van der Waals surface area contributed by atoms with E-state index in [0.717, 1.165) is 40.5 Å². The van der Waals surface area contributed by atoms with E-state index in [1.54, 1.807) is 23.3 Å². The van der Waals surface area contributed by atoms with Gasteiger partial charge in [0.2, 0.25) is 11.8 Å². The molecule has 8 nitrogen and oxygen atoms in total. The van der Waals surface area contributed by atoms with Crippen molar-refractivity contribution in [3.63, 3.8) is 0 Å². The minimum Gasteiger partial charge on any atom is -0.464 e. The third kappa shape index (κ3) is 6.75. The number of carbonyl (C=O) groups is 3. The summed E-state index contributed by atoms with van der Waals surface area (Å²) in [6.45, 7) is 5.76. The molecule has 2 aliphatic rings. The van der Waals surface area contributed by atoms with Crippen molar-refractivity contribution in [2.45, 2.75) is 77.2 Å². The number of carbonyl (C=O) groups excluding carboxylic acids is 3. The van der Waals surface area contributed by atoms with Gasteiger partial charge in [-0.3, -0.25) is 9.59 Å². The Balaban J connectivity index is 1.16. The maximum absolute atomic E-state index is 14.4. The van der Waals surface area contributed by atoms with Crippen molar-refractivity contribution in [3.05, 3.63) is 94.5 Å². The summed E-state index contributed by atoms with van der Waals surface area (Å²) in [7, 11) is 0. The van der Waals surface area contributed by atoms with Crippen molar-refractivity contribution in [2.75, 3.05) is 0 Å². The van der Waals surface area contributed by atoms with Crippen molar-refractivity contribution in [1.29, 1.82) is 0 Å². The van der Waals surface area contributed by atoms with Gasteiger partial charge < -0.3 is 24.7 Å². The van der Waals surface area contributed by atoms with Gasteiger partial charge in [0.1, 0.15) is 23.0 Å². The maximum Gasteiger partial charge on any atom is 0.407 e. The molecule has 2 heterocycles. The molecule has 0 bridgehead atoms. The predicted molar refractivity (Wildman–Crippen MR) is 173 cm³/mol. The number of nitrogens with zero attached hydrogens (tertiary/aromatic N) is 1. The first kappa shape index (κ1) is 31.6. The summed E-state index contributed by atoms with van der Waals surface area (Å²) in [5.74, 6) is -0.660. The monoisotopic (exact) mass is 645 g/mol. The Morgan fingerprint density at radius 2 is 1.78 bits per heavy atom. The summed E-state index contributed by atoms with van der Waals surface area (Å²) in [5, 5.41) is 6.48. The lowest BCUT2D eigenvalue weighted by Crippen LogP contribution is -2.51. The molecule has 0 radical (unpaired) electrons. The number of hydrogen-bond acceptors (Lipinski definition) is 5. The van der Waals surface area contributed by atoms with Crippen LogP contribution in [0, 0.1) is 11.7 Å². The number of furan rings is 1. The molecule has 3 atom stereocenters. The van der Waals surface area contributed by atoms with Gasteiger partial charge in [0.15, 0.2) is 0 Å². The first-order valence-electron chi connectivity index (χ1n) is 15.5.